The zero-order valence-electron chi connectivity index (χ0n) is 13.2. The minimum Gasteiger partial charge on any atom is -0.493 e. The molecule has 0 fully saturated rings. The predicted octanol–water partition coefficient (Wildman–Crippen LogP) is 2.82. The van der Waals surface area contributed by atoms with Gasteiger partial charge >= 0.3 is 0 Å². The summed E-state index contributed by atoms with van der Waals surface area (Å²) in [5, 5.41) is 0. The molecule has 1 N–H and O–H groups in total. The molecule has 0 heterocycles. The molecule has 1 aromatic carbocycles. The van der Waals surface area contributed by atoms with Gasteiger partial charge in [0.25, 0.3) is 0 Å². The highest BCUT2D eigenvalue weighted by Crippen LogP contribution is 2.31. The molecule has 0 saturated carbocycles. The summed E-state index contributed by atoms with van der Waals surface area (Å²) in [5.74, 6) is 3.90. The number of methoxy groups -OCH3 is 2. The molecule has 0 radical (unpaired) electrons. The van der Waals surface area contributed by atoms with Crippen LogP contribution >= 0.6 is 0 Å². The highest BCUT2D eigenvalue weighted by atomic mass is 32.2. The third-order valence-electron chi connectivity index (χ3n) is 2.94. The average Bonchev–Trinajstić information content (AvgIpc) is 2.44. The van der Waals surface area contributed by atoms with Crippen molar-refractivity contribution in [3.8, 4) is 23.8 Å². The Morgan fingerprint density at radius 3 is 2.38 bits per heavy atom. The van der Waals surface area contributed by atoms with E-state index >= 15 is 0 Å². The number of hydrogen-bond acceptors (Lipinski definition) is 3. The normalized spacial score (nSPS) is 14.1. The Morgan fingerprint density at radius 1 is 1.29 bits per heavy atom. The van der Waals surface area contributed by atoms with Crippen LogP contribution in [0.1, 0.15) is 38.8 Å². The van der Waals surface area contributed by atoms with E-state index in [-0.39, 0.29) is 10.8 Å². The van der Waals surface area contributed by atoms with Crippen molar-refractivity contribution in [3.05, 3.63) is 23.8 Å². The Morgan fingerprint density at radius 2 is 1.90 bits per heavy atom. The Labute approximate surface area is 129 Å². The van der Waals surface area contributed by atoms with Gasteiger partial charge in [0.05, 0.1) is 36.0 Å². The van der Waals surface area contributed by atoms with Gasteiger partial charge in [0.2, 0.25) is 0 Å². The van der Waals surface area contributed by atoms with Gasteiger partial charge in [-0.15, -0.1) is 12.3 Å². The summed E-state index contributed by atoms with van der Waals surface area (Å²) in [7, 11) is 1.97. The van der Waals surface area contributed by atoms with Gasteiger partial charge in [0, 0.05) is 6.42 Å². The van der Waals surface area contributed by atoms with E-state index in [4.69, 9.17) is 15.9 Å². The molecule has 21 heavy (non-hydrogen) atoms. The van der Waals surface area contributed by atoms with Crippen molar-refractivity contribution in [2.24, 2.45) is 0 Å². The molecule has 0 saturated heterocycles. The Bertz CT molecular complexity index is 543. The molecule has 0 aliphatic rings. The molecule has 0 spiro atoms. The zero-order valence-corrected chi connectivity index (χ0v) is 14.0. The molecular weight excluding hydrogens is 286 g/mol. The molecule has 0 aliphatic carbocycles. The predicted molar refractivity (Wildman–Crippen MR) is 86.8 cm³/mol. The first-order chi connectivity index (χ1) is 9.83. The van der Waals surface area contributed by atoms with Gasteiger partial charge in [-0.1, -0.05) is 6.07 Å². The zero-order chi connectivity index (χ0) is 16.0. The van der Waals surface area contributed by atoms with Crippen LogP contribution in [0.2, 0.25) is 0 Å². The number of nitrogens with one attached hydrogen (secondary N) is 1. The summed E-state index contributed by atoms with van der Waals surface area (Å²) in [6.07, 6.45) is 5.88. The number of benzene rings is 1. The Hall–Kier alpha value is -1.51. The maximum absolute atomic E-state index is 12.3. The van der Waals surface area contributed by atoms with E-state index in [1.54, 1.807) is 14.2 Å². The molecule has 0 amide bonds. The van der Waals surface area contributed by atoms with E-state index in [1.165, 1.54) is 0 Å². The van der Waals surface area contributed by atoms with Crippen molar-refractivity contribution >= 4 is 11.0 Å². The van der Waals surface area contributed by atoms with Gasteiger partial charge in [-0.25, -0.2) is 8.93 Å². The van der Waals surface area contributed by atoms with Gasteiger partial charge < -0.3 is 9.47 Å². The lowest BCUT2D eigenvalue weighted by Gasteiger charge is -2.24. The molecule has 5 heteroatoms. The average molecular weight is 309 g/mol. The van der Waals surface area contributed by atoms with Crippen LogP contribution in [0.25, 0.3) is 0 Å². The third-order valence-corrected chi connectivity index (χ3v) is 4.55. The van der Waals surface area contributed by atoms with Gasteiger partial charge in [0.1, 0.15) is 0 Å². The first-order valence-corrected chi connectivity index (χ1v) is 7.82. The molecule has 4 nitrogen and oxygen atoms in total. The molecule has 0 bridgehead atoms. The summed E-state index contributed by atoms with van der Waals surface area (Å²) in [6, 6.07) is 5.37. The van der Waals surface area contributed by atoms with Crippen LogP contribution in [-0.4, -0.2) is 23.2 Å². The fraction of sp³-hybridized carbons (Fsp3) is 0.500. The molecule has 2 atom stereocenters. The van der Waals surface area contributed by atoms with E-state index < -0.39 is 11.0 Å². The van der Waals surface area contributed by atoms with Crippen LogP contribution in [0.3, 0.4) is 0 Å². The molecule has 116 valence electrons. The second kappa shape index (κ2) is 7.48. The Kier molecular flexibility index (Phi) is 6.25. The topological polar surface area (TPSA) is 47.6 Å². The van der Waals surface area contributed by atoms with E-state index in [0.717, 1.165) is 5.56 Å². The monoisotopic (exact) mass is 309 g/mol. The van der Waals surface area contributed by atoms with Crippen LogP contribution in [0.15, 0.2) is 18.2 Å². The molecule has 0 aliphatic heterocycles. The van der Waals surface area contributed by atoms with Crippen molar-refractivity contribution in [2.45, 2.75) is 38.0 Å². The van der Waals surface area contributed by atoms with Crippen molar-refractivity contribution in [1.29, 1.82) is 0 Å². The van der Waals surface area contributed by atoms with Gasteiger partial charge in [-0.2, -0.15) is 0 Å². The second-order valence-corrected chi connectivity index (χ2v) is 7.57. The highest BCUT2D eigenvalue weighted by molar-refractivity contribution is 7.84. The summed E-state index contributed by atoms with van der Waals surface area (Å²) >= 11 is 0. The molecule has 0 aromatic heterocycles. The summed E-state index contributed by atoms with van der Waals surface area (Å²) in [5.41, 5.74) is 0.920. The number of ether oxygens (including phenoxy) is 2. The van der Waals surface area contributed by atoms with E-state index in [9.17, 15) is 4.21 Å². The molecule has 1 rings (SSSR count). The molecule has 0 unspecified atom stereocenters. The van der Waals surface area contributed by atoms with E-state index in [0.29, 0.717) is 17.9 Å². The standard InChI is InChI=1S/C16H23NO3S/c1-7-8-13(17-21(18)16(2,3)4)12-9-10-14(19-5)15(11-12)20-6/h1,9-11,13,17H,8H2,2-6H3/t13-,21+/m0/s1. The second-order valence-electron chi connectivity index (χ2n) is 5.57. The van der Waals surface area contributed by atoms with Crippen LogP contribution in [0.5, 0.6) is 11.5 Å². The van der Waals surface area contributed by atoms with E-state index in [2.05, 4.69) is 10.6 Å². The van der Waals surface area contributed by atoms with Crippen LogP contribution in [-0.2, 0) is 11.0 Å². The van der Waals surface area contributed by atoms with Crippen molar-refractivity contribution < 1.29 is 13.7 Å². The summed E-state index contributed by atoms with van der Waals surface area (Å²) < 4.78 is 25.5. The largest absolute Gasteiger partial charge is 0.493 e. The quantitative estimate of drug-likeness (QED) is 0.822. The maximum atomic E-state index is 12.3. The van der Waals surface area contributed by atoms with Crippen molar-refractivity contribution in [1.82, 2.24) is 4.72 Å². The van der Waals surface area contributed by atoms with Crippen LogP contribution in [0, 0.1) is 12.3 Å². The summed E-state index contributed by atoms with van der Waals surface area (Å²) in [4.78, 5) is 0. The SMILES string of the molecule is C#CC[C@H](N[S@](=O)C(C)(C)C)c1ccc(OC)c(OC)c1. The summed E-state index contributed by atoms with van der Waals surface area (Å²) in [6.45, 7) is 5.74. The first kappa shape index (κ1) is 17.5. The van der Waals surface area contributed by atoms with Gasteiger partial charge in [-0.05, 0) is 38.5 Å². The third kappa shape index (κ3) is 4.76. The van der Waals surface area contributed by atoms with Crippen LogP contribution in [0.4, 0.5) is 0 Å². The number of hydrogen-bond donors (Lipinski definition) is 1. The minimum atomic E-state index is -1.20. The van der Waals surface area contributed by atoms with Crippen molar-refractivity contribution in [2.75, 3.05) is 14.2 Å². The van der Waals surface area contributed by atoms with Crippen LogP contribution < -0.4 is 14.2 Å². The Balaban J connectivity index is 3.06. The fourth-order valence-corrected chi connectivity index (χ4v) is 2.55. The molecule has 1 aromatic rings. The lowest BCUT2D eigenvalue weighted by molar-refractivity contribution is 0.354. The van der Waals surface area contributed by atoms with Gasteiger partial charge in [0.15, 0.2) is 11.5 Å². The fourth-order valence-electron chi connectivity index (χ4n) is 1.72. The number of terminal acetylenes is 1. The lowest BCUT2D eigenvalue weighted by atomic mass is 10.0. The smallest absolute Gasteiger partial charge is 0.161 e. The minimum absolute atomic E-state index is 0.199. The maximum Gasteiger partial charge on any atom is 0.161 e. The highest BCUT2D eigenvalue weighted by Gasteiger charge is 2.23. The van der Waals surface area contributed by atoms with Gasteiger partial charge in [-0.3, -0.25) is 0 Å². The first-order valence-electron chi connectivity index (χ1n) is 6.67. The van der Waals surface area contributed by atoms with E-state index in [1.807, 2.05) is 39.0 Å². The lowest BCUT2D eigenvalue weighted by Crippen LogP contribution is -2.35. The molecular formula is C16H23NO3S. The number of rotatable bonds is 6. The van der Waals surface area contributed by atoms with Crippen molar-refractivity contribution in [3.63, 3.8) is 0 Å².